The summed E-state index contributed by atoms with van der Waals surface area (Å²) in [5.41, 5.74) is 0.935. The lowest BCUT2D eigenvalue weighted by Crippen LogP contribution is -2.56. The largest absolute Gasteiger partial charge is 0.353 e. The normalized spacial score (nSPS) is 22.1. The van der Waals surface area contributed by atoms with Crippen molar-refractivity contribution in [2.24, 2.45) is 0 Å². The quantitative estimate of drug-likeness (QED) is 0.741. The van der Waals surface area contributed by atoms with Crippen LogP contribution >= 0.6 is 0 Å². The molecule has 2 heterocycles. The van der Waals surface area contributed by atoms with E-state index in [4.69, 9.17) is 0 Å². The first-order valence-electron chi connectivity index (χ1n) is 10.3. The van der Waals surface area contributed by atoms with Crippen LogP contribution in [-0.4, -0.2) is 66.4 Å². The molecule has 0 radical (unpaired) electrons. The maximum atomic E-state index is 13.1. The van der Waals surface area contributed by atoms with E-state index < -0.39 is 6.04 Å². The number of likely N-dealkylation sites (tertiary alicyclic amines) is 1. The fraction of sp³-hybridized carbons (Fsp3) is 0.619. The SMILES string of the molecule is CCCN1CCC(NC(=O)CC2C(=O)NCCN2Cc2ccc(F)cc2)CC1. The van der Waals surface area contributed by atoms with Crippen molar-refractivity contribution in [1.29, 1.82) is 0 Å². The van der Waals surface area contributed by atoms with Crippen LogP contribution in [0.25, 0.3) is 0 Å². The van der Waals surface area contributed by atoms with Gasteiger partial charge in [-0.25, -0.2) is 4.39 Å². The number of carbonyl (C=O) groups is 2. The highest BCUT2D eigenvalue weighted by molar-refractivity contribution is 5.88. The predicted molar refractivity (Wildman–Crippen MR) is 106 cm³/mol. The fourth-order valence-electron chi connectivity index (χ4n) is 4.08. The van der Waals surface area contributed by atoms with Crippen LogP contribution in [0.1, 0.15) is 38.2 Å². The summed E-state index contributed by atoms with van der Waals surface area (Å²) in [4.78, 5) is 29.4. The van der Waals surface area contributed by atoms with Gasteiger partial charge in [-0.05, 0) is 43.5 Å². The van der Waals surface area contributed by atoms with Crippen LogP contribution in [-0.2, 0) is 16.1 Å². The number of benzene rings is 1. The van der Waals surface area contributed by atoms with Crippen LogP contribution in [0, 0.1) is 5.82 Å². The molecule has 1 atom stereocenters. The lowest BCUT2D eigenvalue weighted by atomic mass is 10.0. The van der Waals surface area contributed by atoms with E-state index >= 15 is 0 Å². The molecule has 6 nitrogen and oxygen atoms in total. The first-order chi connectivity index (χ1) is 13.5. The molecule has 2 fully saturated rings. The van der Waals surface area contributed by atoms with Gasteiger partial charge >= 0.3 is 0 Å². The van der Waals surface area contributed by atoms with Crippen molar-refractivity contribution in [2.45, 2.75) is 51.2 Å². The maximum absolute atomic E-state index is 13.1. The van der Waals surface area contributed by atoms with Gasteiger partial charge in [-0.15, -0.1) is 0 Å². The third kappa shape index (κ3) is 5.75. The molecule has 28 heavy (non-hydrogen) atoms. The Hall–Kier alpha value is -1.99. The highest BCUT2D eigenvalue weighted by atomic mass is 19.1. The monoisotopic (exact) mass is 390 g/mol. The Balaban J connectivity index is 1.53. The number of rotatable bonds is 7. The first-order valence-corrected chi connectivity index (χ1v) is 10.3. The smallest absolute Gasteiger partial charge is 0.237 e. The zero-order chi connectivity index (χ0) is 19.9. The number of nitrogens with one attached hydrogen (secondary N) is 2. The number of hydrogen-bond acceptors (Lipinski definition) is 4. The van der Waals surface area contributed by atoms with Crippen molar-refractivity contribution in [2.75, 3.05) is 32.7 Å². The number of amides is 2. The third-order valence-corrected chi connectivity index (χ3v) is 5.61. The average Bonchev–Trinajstić information content (AvgIpc) is 2.68. The van der Waals surface area contributed by atoms with Gasteiger partial charge in [0.2, 0.25) is 11.8 Å². The number of halogens is 1. The molecule has 7 heteroatoms. The summed E-state index contributed by atoms with van der Waals surface area (Å²) in [6, 6.07) is 6.00. The second-order valence-corrected chi connectivity index (χ2v) is 7.79. The molecule has 0 spiro atoms. The van der Waals surface area contributed by atoms with Gasteiger partial charge in [0.15, 0.2) is 0 Å². The van der Waals surface area contributed by atoms with Gasteiger partial charge in [-0.2, -0.15) is 0 Å². The van der Waals surface area contributed by atoms with Crippen molar-refractivity contribution in [3.05, 3.63) is 35.6 Å². The van der Waals surface area contributed by atoms with E-state index in [1.807, 2.05) is 4.90 Å². The molecule has 2 aliphatic rings. The van der Waals surface area contributed by atoms with Gasteiger partial charge in [0.1, 0.15) is 5.82 Å². The lowest BCUT2D eigenvalue weighted by molar-refractivity contribution is -0.134. The van der Waals surface area contributed by atoms with Crippen molar-refractivity contribution in [3.8, 4) is 0 Å². The summed E-state index contributed by atoms with van der Waals surface area (Å²) in [5, 5.41) is 5.98. The fourth-order valence-corrected chi connectivity index (χ4v) is 4.08. The molecule has 2 saturated heterocycles. The highest BCUT2D eigenvalue weighted by Crippen LogP contribution is 2.16. The molecule has 1 aromatic rings. The molecular weight excluding hydrogens is 359 g/mol. The lowest BCUT2D eigenvalue weighted by Gasteiger charge is -2.36. The third-order valence-electron chi connectivity index (χ3n) is 5.61. The van der Waals surface area contributed by atoms with Gasteiger partial charge in [-0.1, -0.05) is 19.1 Å². The number of nitrogens with zero attached hydrogens (tertiary/aromatic N) is 2. The summed E-state index contributed by atoms with van der Waals surface area (Å²) < 4.78 is 13.1. The van der Waals surface area contributed by atoms with Crippen LogP contribution in [0.2, 0.25) is 0 Å². The Bertz CT molecular complexity index is 659. The molecule has 2 amide bonds. The standard InChI is InChI=1S/C21H31FN4O2/c1-2-10-25-11-7-18(8-12-25)24-20(27)14-19-21(28)23-9-13-26(19)15-16-3-5-17(22)6-4-16/h3-6,18-19H,2,7-15H2,1H3,(H,23,28)(H,24,27). The molecule has 0 aromatic heterocycles. The van der Waals surface area contributed by atoms with Crippen molar-refractivity contribution >= 4 is 11.8 Å². The summed E-state index contributed by atoms with van der Waals surface area (Å²) in [5.74, 6) is -0.456. The Kier molecular flexibility index (Phi) is 7.39. The van der Waals surface area contributed by atoms with Crippen LogP contribution in [0.15, 0.2) is 24.3 Å². The minimum atomic E-state index is -0.487. The van der Waals surface area contributed by atoms with E-state index in [-0.39, 0.29) is 30.1 Å². The zero-order valence-corrected chi connectivity index (χ0v) is 16.6. The zero-order valence-electron chi connectivity index (χ0n) is 16.6. The van der Waals surface area contributed by atoms with Crippen molar-refractivity contribution in [1.82, 2.24) is 20.4 Å². The van der Waals surface area contributed by atoms with E-state index in [1.54, 1.807) is 12.1 Å². The van der Waals surface area contributed by atoms with E-state index in [2.05, 4.69) is 22.5 Å². The van der Waals surface area contributed by atoms with Gasteiger partial charge in [0, 0.05) is 38.8 Å². The average molecular weight is 391 g/mol. The number of piperazine rings is 1. The number of hydrogen-bond donors (Lipinski definition) is 2. The predicted octanol–water partition coefficient (Wildman–Crippen LogP) is 1.51. The molecule has 0 saturated carbocycles. The van der Waals surface area contributed by atoms with Crippen LogP contribution in [0.4, 0.5) is 4.39 Å². The van der Waals surface area contributed by atoms with Gasteiger partial charge in [-0.3, -0.25) is 14.5 Å². The van der Waals surface area contributed by atoms with E-state index in [1.165, 1.54) is 12.1 Å². The molecule has 2 aliphatic heterocycles. The molecule has 154 valence electrons. The number of carbonyl (C=O) groups excluding carboxylic acids is 2. The molecule has 1 unspecified atom stereocenters. The topological polar surface area (TPSA) is 64.7 Å². The second kappa shape index (κ2) is 9.98. The summed E-state index contributed by atoms with van der Waals surface area (Å²) >= 11 is 0. The van der Waals surface area contributed by atoms with Gasteiger partial charge < -0.3 is 15.5 Å². The van der Waals surface area contributed by atoms with Gasteiger partial charge in [0.05, 0.1) is 12.5 Å². The van der Waals surface area contributed by atoms with Gasteiger partial charge in [0.25, 0.3) is 0 Å². The molecule has 0 aliphatic carbocycles. The number of piperidine rings is 1. The first kappa shape index (κ1) is 20.7. The van der Waals surface area contributed by atoms with Crippen molar-refractivity contribution < 1.29 is 14.0 Å². The van der Waals surface area contributed by atoms with Crippen LogP contribution in [0.3, 0.4) is 0 Å². The molecule has 1 aromatic carbocycles. The van der Waals surface area contributed by atoms with Crippen molar-refractivity contribution in [3.63, 3.8) is 0 Å². The minimum Gasteiger partial charge on any atom is -0.353 e. The Morgan fingerprint density at radius 2 is 1.93 bits per heavy atom. The molecule has 3 rings (SSSR count). The molecular formula is C21H31FN4O2. The Labute approximate surface area is 166 Å². The second-order valence-electron chi connectivity index (χ2n) is 7.79. The van der Waals surface area contributed by atoms with Crippen LogP contribution < -0.4 is 10.6 Å². The van der Waals surface area contributed by atoms with E-state index in [9.17, 15) is 14.0 Å². The molecule has 0 bridgehead atoms. The molecule has 2 N–H and O–H groups in total. The van der Waals surface area contributed by atoms with Crippen LogP contribution in [0.5, 0.6) is 0 Å². The Morgan fingerprint density at radius 1 is 1.21 bits per heavy atom. The maximum Gasteiger partial charge on any atom is 0.237 e. The Morgan fingerprint density at radius 3 is 2.61 bits per heavy atom. The minimum absolute atomic E-state index is 0.0694. The van der Waals surface area contributed by atoms with E-state index in [0.29, 0.717) is 19.6 Å². The van der Waals surface area contributed by atoms with E-state index in [0.717, 1.165) is 44.5 Å². The summed E-state index contributed by atoms with van der Waals surface area (Å²) in [7, 11) is 0. The summed E-state index contributed by atoms with van der Waals surface area (Å²) in [6.07, 6.45) is 3.23. The highest BCUT2D eigenvalue weighted by Gasteiger charge is 2.32. The summed E-state index contributed by atoms with van der Waals surface area (Å²) in [6.45, 7) is 7.09.